The molecule has 5 rings (SSSR count). The van der Waals surface area contributed by atoms with Crippen molar-refractivity contribution in [2.24, 2.45) is 0 Å². The van der Waals surface area contributed by atoms with Gasteiger partial charge in [-0.25, -0.2) is 4.79 Å². The molecule has 0 aromatic heterocycles. The Kier molecular flexibility index (Phi) is 8.61. The van der Waals surface area contributed by atoms with Crippen LogP contribution in [0.2, 0.25) is 0 Å². The first-order chi connectivity index (χ1) is 19.6. The van der Waals surface area contributed by atoms with Crippen molar-refractivity contribution in [2.45, 2.75) is 28.0 Å². The summed E-state index contributed by atoms with van der Waals surface area (Å²) in [5, 5.41) is 3.49. The molecule has 41 heavy (non-hydrogen) atoms. The number of hydrogen-bond acceptors (Lipinski definition) is 6. The van der Waals surface area contributed by atoms with Crippen molar-refractivity contribution in [1.29, 1.82) is 0 Å². The minimum absolute atomic E-state index is 0.0158. The molecular weight excluding hydrogens is 611 g/mol. The van der Waals surface area contributed by atoms with Gasteiger partial charge in [-0.15, -0.1) is 0 Å². The summed E-state index contributed by atoms with van der Waals surface area (Å²) < 4.78 is 22.4. The largest absolute Gasteiger partial charge is 0.496 e. The summed E-state index contributed by atoms with van der Waals surface area (Å²) in [5.41, 5.74) is 1.98. The molecule has 2 amide bonds. The van der Waals surface area contributed by atoms with Gasteiger partial charge in [0.15, 0.2) is 0 Å². The highest BCUT2D eigenvalue weighted by atomic mass is 35.6. The van der Waals surface area contributed by atoms with Crippen LogP contribution in [0.4, 0.5) is 0 Å². The van der Waals surface area contributed by atoms with Gasteiger partial charge in [0, 0.05) is 11.1 Å². The van der Waals surface area contributed by atoms with Crippen LogP contribution in [0.25, 0.3) is 10.8 Å². The first kappa shape index (κ1) is 29.4. The van der Waals surface area contributed by atoms with Crippen molar-refractivity contribution in [1.82, 2.24) is 10.2 Å². The van der Waals surface area contributed by atoms with Crippen LogP contribution < -0.4 is 10.1 Å². The van der Waals surface area contributed by atoms with Crippen molar-refractivity contribution in [3.05, 3.63) is 89.1 Å². The summed E-state index contributed by atoms with van der Waals surface area (Å²) in [5.74, 6) is -1.18. The Hall–Kier alpha value is -3.11. The van der Waals surface area contributed by atoms with Crippen LogP contribution in [0.15, 0.2) is 78.0 Å². The molecule has 0 aliphatic carbocycles. The molecular formula is C29H25Cl3N2O6S. The van der Waals surface area contributed by atoms with Gasteiger partial charge in [0.1, 0.15) is 29.5 Å². The van der Waals surface area contributed by atoms with Crippen LogP contribution in [0.3, 0.4) is 0 Å². The summed E-state index contributed by atoms with van der Waals surface area (Å²) >= 11 is 17.4. The van der Waals surface area contributed by atoms with Gasteiger partial charge < -0.3 is 14.8 Å². The van der Waals surface area contributed by atoms with Gasteiger partial charge >= 0.3 is 5.97 Å². The van der Waals surface area contributed by atoms with Gasteiger partial charge in [-0.3, -0.25) is 18.7 Å². The molecule has 12 heteroatoms. The van der Waals surface area contributed by atoms with Crippen LogP contribution in [-0.2, 0) is 42.8 Å². The van der Waals surface area contributed by atoms with Crippen molar-refractivity contribution >= 4 is 74.2 Å². The highest BCUT2D eigenvalue weighted by molar-refractivity contribution is 7.86. The van der Waals surface area contributed by atoms with Gasteiger partial charge in [-0.1, -0.05) is 95.5 Å². The van der Waals surface area contributed by atoms with Crippen LogP contribution in [0.5, 0.6) is 5.75 Å². The number of ether oxygens (including phenoxy) is 2. The number of rotatable bonds is 8. The molecule has 0 saturated carbocycles. The molecule has 2 heterocycles. The van der Waals surface area contributed by atoms with Gasteiger partial charge in [-0.05, 0) is 34.6 Å². The molecule has 1 saturated heterocycles. The maximum atomic E-state index is 13.5. The standard InChI is InChI=1S/C29H25Cl3N2O6S/c1-39-22-12-11-18(20-9-5-6-10-21(20)22)14-19-15-41(38)27-24(33-23(35)13-17-7-3-2-4-8-17)26(36)34(27)25(19)28(37)40-16-29(30,31)32/h2-12,24,27H,13-16H2,1H3,(H,33,35)/t24-,27+,41?/m1/s1. The minimum Gasteiger partial charge on any atom is -0.496 e. The van der Waals surface area contributed by atoms with E-state index in [9.17, 15) is 18.6 Å². The lowest BCUT2D eigenvalue weighted by atomic mass is 9.95. The normalized spacial score (nSPS) is 20.3. The number of hydrogen-bond donors (Lipinski definition) is 1. The lowest BCUT2D eigenvalue weighted by Crippen LogP contribution is -2.73. The topological polar surface area (TPSA) is 102 Å². The smallest absolute Gasteiger partial charge is 0.355 e. The fourth-order valence-corrected chi connectivity index (χ4v) is 6.94. The maximum absolute atomic E-state index is 13.5. The van der Waals surface area contributed by atoms with Gasteiger partial charge in [0.05, 0.1) is 24.3 Å². The van der Waals surface area contributed by atoms with Gasteiger partial charge in [0.25, 0.3) is 5.91 Å². The first-order valence-corrected chi connectivity index (χ1v) is 15.1. The monoisotopic (exact) mass is 634 g/mol. The summed E-state index contributed by atoms with van der Waals surface area (Å²) in [7, 11) is -0.0407. The Balaban J connectivity index is 1.47. The lowest BCUT2D eigenvalue weighted by Gasteiger charge is -2.49. The Bertz CT molecular complexity index is 1570. The van der Waals surface area contributed by atoms with E-state index in [1.165, 1.54) is 0 Å². The van der Waals surface area contributed by atoms with Gasteiger partial charge in [0.2, 0.25) is 9.70 Å². The number of nitrogens with zero attached hydrogens (tertiary/aromatic N) is 1. The van der Waals surface area contributed by atoms with Crippen molar-refractivity contribution in [3.8, 4) is 5.75 Å². The number of amides is 2. The number of carbonyl (C=O) groups is 3. The number of benzene rings is 3. The van der Waals surface area contributed by atoms with Crippen LogP contribution in [0, 0.1) is 0 Å². The zero-order valence-corrected chi connectivity index (χ0v) is 24.9. The minimum atomic E-state index is -1.87. The van der Waals surface area contributed by atoms with Crippen LogP contribution >= 0.6 is 34.8 Å². The van der Waals surface area contributed by atoms with E-state index in [1.807, 2.05) is 54.6 Å². The zero-order chi connectivity index (χ0) is 29.3. The molecule has 3 aromatic carbocycles. The number of esters is 1. The molecule has 0 bridgehead atoms. The molecule has 1 fully saturated rings. The zero-order valence-electron chi connectivity index (χ0n) is 21.8. The van der Waals surface area contributed by atoms with E-state index in [-0.39, 0.29) is 24.3 Å². The number of carbonyl (C=O) groups excluding carboxylic acids is 3. The van der Waals surface area contributed by atoms with Crippen LogP contribution in [0.1, 0.15) is 11.1 Å². The second kappa shape index (κ2) is 12.0. The summed E-state index contributed by atoms with van der Waals surface area (Å²) in [6.45, 7) is -0.550. The Morgan fingerprint density at radius 3 is 2.39 bits per heavy atom. The number of methoxy groups -OCH3 is 1. The average Bonchev–Trinajstić information content (AvgIpc) is 2.95. The molecule has 1 N–H and O–H groups in total. The van der Waals surface area contributed by atoms with E-state index in [4.69, 9.17) is 44.3 Å². The number of nitrogens with one attached hydrogen (secondary N) is 1. The Morgan fingerprint density at radius 1 is 1.02 bits per heavy atom. The Morgan fingerprint density at radius 2 is 1.71 bits per heavy atom. The Labute approximate surface area is 254 Å². The molecule has 2 aliphatic heterocycles. The molecule has 1 unspecified atom stereocenters. The van der Waals surface area contributed by atoms with E-state index < -0.39 is 50.4 Å². The van der Waals surface area contributed by atoms with Gasteiger partial charge in [-0.2, -0.15) is 0 Å². The van der Waals surface area contributed by atoms with Crippen molar-refractivity contribution < 1.29 is 28.1 Å². The third-order valence-electron chi connectivity index (χ3n) is 6.89. The average molecular weight is 636 g/mol. The molecule has 0 spiro atoms. The highest BCUT2D eigenvalue weighted by Crippen LogP contribution is 2.38. The predicted molar refractivity (Wildman–Crippen MR) is 158 cm³/mol. The van der Waals surface area contributed by atoms with Crippen molar-refractivity contribution in [2.75, 3.05) is 19.5 Å². The third-order valence-corrected chi connectivity index (χ3v) is 8.87. The van der Waals surface area contributed by atoms with E-state index >= 15 is 0 Å². The summed E-state index contributed by atoms with van der Waals surface area (Å²) in [6.07, 6.45) is 0.254. The fourth-order valence-electron chi connectivity index (χ4n) is 5.09. The summed E-state index contributed by atoms with van der Waals surface area (Å²) in [6, 6.07) is 19.3. The molecule has 2 aliphatic rings. The molecule has 214 valence electrons. The second-order valence-electron chi connectivity index (χ2n) is 9.62. The fraction of sp³-hybridized carbons (Fsp3) is 0.276. The van der Waals surface area contributed by atoms with Crippen molar-refractivity contribution in [3.63, 3.8) is 0 Å². The molecule has 0 radical (unpaired) electrons. The highest BCUT2D eigenvalue weighted by Gasteiger charge is 2.57. The van der Waals surface area contributed by atoms with E-state index in [1.54, 1.807) is 19.2 Å². The summed E-state index contributed by atoms with van der Waals surface area (Å²) in [4.78, 5) is 40.6. The predicted octanol–water partition coefficient (Wildman–Crippen LogP) is 4.22. The number of halogens is 3. The number of alkyl halides is 3. The molecule has 3 aromatic rings. The maximum Gasteiger partial charge on any atom is 0.355 e. The third kappa shape index (κ3) is 6.23. The number of β-lactam (4-membered cyclic amide) rings is 1. The van der Waals surface area contributed by atoms with E-state index in [0.29, 0.717) is 11.3 Å². The van der Waals surface area contributed by atoms with E-state index in [0.717, 1.165) is 26.8 Å². The van der Waals surface area contributed by atoms with Crippen LogP contribution in [-0.4, -0.2) is 61.6 Å². The second-order valence-corrected chi connectivity index (χ2v) is 13.7. The molecule has 3 atom stereocenters. The quantitative estimate of drug-likeness (QED) is 0.226. The lowest BCUT2D eigenvalue weighted by molar-refractivity contribution is -0.153. The van der Waals surface area contributed by atoms with E-state index in [2.05, 4.69) is 5.32 Å². The molecule has 8 nitrogen and oxygen atoms in total. The first-order valence-electron chi connectivity index (χ1n) is 12.6. The SMILES string of the molecule is COc1ccc(CC2=C(C(=O)OCC(Cl)(Cl)Cl)N3C(=O)[C@@H](NC(=O)Cc4ccccc4)[C@@H]3S(=O)C2)c2ccccc12. The number of fused-ring (bicyclic) bond motifs is 2.